The second-order valence-corrected chi connectivity index (χ2v) is 11.6. The summed E-state index contributed by atoms with van der Waals surface area (Å²) >= 11 is 6.12. The Kier molecular flexibility index (Phi) is 8.33. The number of aliphatic hydroxyl groups excluding tert-OH is 1. The highest BCUT2D eigenvalue weighted by molar-refractivity contribution is 7.92. The summed E-state index contributed by atoms with van der Waals surface area (Å²) < 4.78 is 60.7. The Morgan fingerprint density at radius 2 is 1.86 bits per heavy atom. The van der Waals surface area contributed by atoms with Gasteiger partial charge in [-0.3, -0.25) is 5.32 Å². The molecule has 0 aliphatic rings. The summed E-state index contributed by atoms with van der Waals surface area (Å²) in [4.78, 5) is 8.63. The zero-order valence-corrected chi connectivity index (χ0v) is 21.8. The normalized spacial score (nSPS) is 14.8. The van der Waals surface area contributed by atoms with E-state index in [4.69, 9.17) is 16.3 Å². The highest BCUT2D eigenvalue weighted by atomic mass is 35.5. The molecule has 3 atom stereocenters. The van der Waals surface area contributed by atoms with Crippen molar-refractivity contribution in [2.24, 2.45) is 4.36 Å². The number of benzene rings is 2. The fourth-order valence-electron chi connectivity index (χ4n) is 3.35. The summed E-state index contributed by atoms with van der Waals surface area (Å²) in [6, 6.07) is 6.25. The van der Waals surface area contributed by atoms with Crippen molar-refractivity contribution in [3.8, 4) is 5.75 Å². The van der Waals surface area contributed by atoms with Gasteiger partial charge in [0.2, 0.25) is 0 Å². The molecular weight excluding hydrogens is 519 g/mol. The minimum atomic E-state index is -4.52. The monoisotopic (exact) mass is 545 g/mol. The van der Waals surface area contributed by atoms with Crippen LogP contribution in [0.3, 0.4) is 0 Å². The smallest absolute Gasteiger partial charge is 0.403 e. The number of anilines is 2. The number of aliphatic hydroxyl groups is 1. The van der Waals surface area contributed by atoms with Gasteiger partial charge >= 0.3 is 6.18 Å². The highest BCUT2D eigenvalue weighted by Crippen LogP contribution is 2.35. The molecule has 0 saturated carbocycles. The van der Waals surface area contributed by atoms with Gasteiger partial charge in [-0.05, 0) is 50.6 Å². The number of fused-ring (bicyclic) bond motifs is 1. The molecule has 3 rings (SSSR count). The van der Waals surface area contributed by atoms with Crippen molar-refractivity contribution in [2.75, 3.05) is 17.8 Å². The van der Waals surface area contributed by atoms with Gasteiger partial charge in [0, 0.05) is 38.7 Å². The molecule has 0 radical (unpaired) electrons. The largest absolute Gasteiger partial charge is 0.484 e. The Labute approximate surface area is 212 Å². The van der Waals surface area contributed by atoms with E-state index in [0.717, 1.165) is 12.5 Å². The van der Waals surface area contributed by atoms with Gasteiger partial charge in [0.15, 0.2) is 0 Å². The Balaban J connectivity index is 1.92. The standard InChI is InChI=1S/C23H27ClF3N5O3S/c1-12-8-16(32-36(4,5)34)10-18-20(12)21(29-11-28-18)31-17-7-6-15(24)9-19(17)35-13(2)22(33)30-14(3)23(25,26)27/h6-11,13-14,22,30,33H,1-5H3,(H,28,29,31)/t13-,14+,22?/m1/s1. The lowest BCUT2D eigenvalue weighted by molar-refractivity contribution is -0.162. The Hall–Kier alpha value is -2.67. The Morgan fingerprint density at radius 3 is 2.50 bits per heavy atom. The number of hydrogen-bond acceptors (Lipinski definition) is 8. The van der Waals surface area contributed by atoms with Crippen LogP contribution in [0.15, 0.2) is 41.0 Å². The van der Waals surface area contributed by atoms with E-state index in [1.165, 1.54) is 19.3 Å². The van der Waals surface area contributed by atoms with Gasteiger partial charge in [-0.25, -0.2) is 14.2 Å². The lowest BCUT2D eigenvalue weighted by atomic mass is 10.1. The zero-order valence-electron chi connectivity index (χ0n) is 20.2. The predicted octanol–water partition coefficient (Wildman–Crippen LogP) is 5.32. The van der Waals surface area contributed by atoms with Crippen LogP contribution < -0.4 is 15.4 Å². The molecule has 3 N–H and O–H groups in total. The molecule has 1 heterocycles. The van der Waals surface area contributed by atoms with Crippen LogP contribution in [0.25, 0.3) is 10.9 Å². The van der Waals surface area contributed by atoms with Crippen LogP contribution in [-0.2, 0) is 9.73 Å². The van der Waals surface area contributed by atoms with Gasteiger partial charge in [0.25, 0.3) is 0 Å². The molecule has 0 spiro atoms. The quantitative estimate of drug-likeness (QED) is 0.329. The van der Waals surface area contributed by atoms with E-state index in [1.807, 2.05) is 6.92 Å². The maximum Gasteiger partial charge on any atom is 0.403 e. The van der Waals surface area contributed by atoms with Crippen LogP contribution in [0.2, 0.25) is 5.02 Å². The van der Waals surface area contributed by atoms with Gasteiger partial charge in [-0.1, -0.05) is 11.6 Å². The molecule has 3 aromatic rings. The van der Waals surface area contributed by atoms with Crippen LogP contribution >= 0.6 is 11.6 Å². The lowest BCUT2D eigenvalue weighted by Gasteiger charge is -2.27. The van der Waals surface area contributed by atoms with Crippen molar-refractivity contribution in [3.63, 3.8) is 0 Å². The Bertz CT molecular complexity index is 1370. The fraction of sp³-hybridized carbons (Fsp3) is 0.391. The van der Waals surface area contributed by atoms with E-state index >= 15 is 0 Å². The first-order valence-electron chi connectivity index (χ1n) is 10.8. The van der Waals surface area contributed by atoms with Crippen molar-refractivity contribution in [2.45, 2.75) is 45.3 Å². The molecule has 2 aromatic carbocycles. The molecule has 196 valence electrons. The molecule has 0 aliphatic carbocycles. The van der Waals surface area contributed by atoms with Gasteiger partial charge < -0.3 is 15.2 Å². The summed E-state index contributed by atoms with van der Waals surface area (Å²) in [5, 5.41) is 16.5. The molecule has 1 aromatic heterocycles. The number of alkyl halides is 3. The minimum Gasteiger partial charge on any atom is -0.484 e. The van der Waals surface area contributed by atoms with E-state index < -0.39 is 34.3 Å². The van der Waals surface area contributed by atoms with E-state index in [1.54, 1.807) is 36.8 Å². The van der Waals surface area contributed by atoms with Crippen LogP contribution in [0, 0.1) is 6.92 Å². The maximum atomic E-state index is 12.9. The second-order valence-electron chi connectivity index (χ2n) is 8.61. The second kappa shape index (κ2) is 10.8. The average Bonchev–Trinajstić information content (AvgIpc) is 2.73. The van der Waals surface area contributed by atoms with Crippen LogP contribution in [0.4, 0.5) is 30.4 Å². The van der Waals surface area contributed by atoms with Gasteiger partial charge in [-0.2, -0.15) is 17.5 Å². The lowest BCUT2D eigenvalue weighted by Crippen LogP contribution is -2.50. The number of nitrogens with zero attached hydrogens (tertiary/aromatic N) is 3. The molecule has 13 heteroatoms. The summed E-state index contributed by atoms with van der Waals surface area (Å²) in [7, 11) is -2.37. The summed E-state index contributed by atoms with van der Waals surface area (Å²) in [5.74, 6) is 0.630. The summed E-state index contributed by atoms with van der Waals surface area (Å²) in [5.41, 5.74) is 2.29. The third kappa shape index (κ3) is 7.19. The van der Waals surface area contributed by atoms with Crippen molar-refractivity contribution in [1.82, 2.24) is 15.3 Å². The zero-order chi connectivity index (χ0) is 26.8. The first-order valence-corrected chi connectivity index (χ1v) is 13.5. The van der Waals surface area contributed by atoms with Gasteiger partial charge in [0.1, 0.15) is 36.3 Å². The first-order chi connectivity index (χ1) is 16.6. The molecule has 0 fully saturated rings. The van der Waals surface area contributed by atoms with Crippen molar-refractivity contribution in [3.05, 3.63) is 47.2 Å². The number of aryl methyl sites for hydroxylation is 1. The molecular formula is C23H27ClF3N5O3S. The SMILES string of the molecule is Cc1cc(N=S(C)(C)=O)cc2ncnc(Nc3ccc(Cl)cc3O[C@H](C)C(O)N[C@@H](C)C(F)(F)F)c12. The Morgan fingerprint density at radius 1 is 1.17 bits per heavy atom. The predicted molar refractivity (Wildman–Crippen MR) is 136 cm³/mol. The van der Waals surface area contributed by atoms with Crippen molar-refractivity contribution in [1.29, 1.82) is 0 Å². The molecule has 36 heavy (non-hydrogen) atoms. The molecule has 8 nitrogen and oxygen atoms in total. The van der Waals surface area contributed by atoms with Crippen molar-refractivity contribution >= 4 is 49.4 Å². The van der Waals surface area contributed by atoms with Crippen molar-refractivity contribution < 1.29 is 27.2 Å². The molecule has 0 aliphatic heterocycles. The fourth-order valence-corrected chi connectivity index (χ4v) is 4.13. The maximum absolute atomic E-state index is 12.9. The van der Waals surface area contributed by atoms with Gasteiger partial charge in [-0.15, -0.1) is 0 Å². The van der Waals surface area contributed by atoms with Gasteiger partial charge in [0.05, 0.1) is 16.9 Å². The summed E-state index contributed by atoms with van der Waals surface area (Å²) in [6.07, 6.45) is -2.75. The number of ether oxygens (including phenoxy) is 1. The molecule has 0 bridgehead atoms. The third-order valence-electron chi connectivity index (χ3n) is 5.11. The third-order valence-corrected chi connectivity index (χ3v) is 6.00. The first kappa shape index (κ1) is 27.9. The number of aromatic nitrogens is 2. The minimum absolute atomic E-state index is 0.197. The molecule has 1 unspecified atom stereocenters. The highest BCUT2D eigenvalue weighted by Gasteiger charge is 2.38. The van der Waals surface area contributed by atoms with Crippen LogP contribution in [0.1, 0.15) is 19.4 Å². The number of nitrogens with one attached hydrogen (secondary N) is 2. The van der Waals surface area contributed by atoms with E-state index in [9.17, 15) is 22.5 Å². The summed E-state index contributed by atoms with van der Waals surface area (Å²) in [6.45, 7) is 4.18. The van der Waals surface area contributed by atoms with Crippen LogP contribution in [0.5, 0.6) is 5.75 Å². The number of rotatable bonds is 8. The van der Waals surface area contributed by atoms with E-state index in [2.05, 4.69) is 25.0 Å². The van der Waals surface area contributed by atoms with E-state index in [0.29, 0.717) is 33.1 Å². The molecule has 0 amide bonds. The number of hydrogen-bond donors (Lipinski definition) is 3. The van der Waals surface area contributed by atoms with E-state index in [-0.39, 0.29) is 5.75 Å². The molecule has 0 saturated heterocycles. The average molecular weight is 546 g/mol. The number of halogens is 4. The topological polar surface area (TPSA) is 109 Å². The van der Waals surface area contributed by atoms with Crippen LogP contribution in [-0.4, -0.2) is 56.3 Å².